The molecule has 0 radical (unpaired) electrons. The van der Waals surface area contributed by atoms with Gasteiger partial charge in [-0.2, -0.15) is 4.99 Å². The van der Waals surface area contributed by atoms with Gasteiger partial charge >= 0.3 is 0 Å². The molecule has 2 aromatic rings. The van der Waals surface area contributed by atoms with Crippen LogP contribution in [0.15, 0.2) is 47.5 Å². The number of nitrogens with zero attached hydrogens (tertiary/aromatic N) is 2. The van der Waals surface area contributed by atoms with Crippen LogP contribution in [0.4, 0.5) is 0 Å². The summed E-state index contributed by atoms with van der Waals surface area (Å²) < 4.78 is 11.2. The van der Waals surface area contributed by atoms with Crippen LogP contribution in [0.25, 0.3) is 11.1 Å². The highest BCUT2D eigenvalue weighted by molar-refractivity contribution is 5.95. The van der Waals surface area contributed by atoms with Crippen LogP contribution in [0, 0.1) is 5.41 Å². The number of hydrogen-bond acceptors (Lipinski definition) is 4. The van der Waals surface area contributed by atoms with Crippen molar-refractivity contribution in [2.24, 2.45) is 21.9 Å². The molecule has 0 aromatic heterocycles. The smallest absolute Gasteiger partial charge is 0.253 e. The van der Waals surface area contributed by atoms with Crippen molar-refractivity contribution in [3.05, 3.63) is 53.6 Å². The minimum atomic E-state index is -0.362. The number of hydrogen-bond donors (Lipinski definition) is 2. The van der Waals surface area contributed by atoms with Gasteiger partial charge in [0.25, 0.3) is 5.91 Å². The number of carbonyl (C=O) groups is 2. The number of aryl methyl sites for hydroxylation is 1. The van der Waals surface area contributed by atoms with Gasteiger partial charge in [-0.3, -0.25) is 9.59 Å². The van der Waals surface area contributed by atoms with E-state index in [-0.39, 0.29) is 24.2 Å². The summed E-state index contributed by atoms with van der Waals surface area (Å²) >= 11 is 0. The average Bonchev–Trinajstić information content (AvgIpc) is 2.85. The highest BCUT2D eigenvalue weighted by atomic mass is 16.5. The van der Waals surface area contributed by atoms with E-state index < -0.39 is 0 Å². The van der Waals surface area contributed by atoms with Crippen LogP contribution in [0.1, 0.15) is 55.5 Å². The van der Waals surface area contributed by atoms with E-state index in [2.05, 4.69) is 18.8 Å². The van der Waals surface area contributed by atoms with Crippen molar-refractivity contribution in [1.82, 2.24) is 4.90 Å². The first-order valence-electron chi connectivity index (χ1n) is 12.5. The first kappa shape index (κ1) is 27.2. The van der Waals surface area contributed by atoms with Gasteiger partial charge < -0.3 is 25.8 Å². The third kappa shape index (κ3) is 7.81. The SMILES string of the molecule is COCCCOc1cc(CCC(=O)N=C(N)N)ccc1-c1ccc(C(=O)N2CCC(C)(C)CC2)cc1. The summed E-state index contributed by atoms with van der Waals surface area (Å²) in [6.07, 6.45) is 3.48. The molecule has 1 aliphatic heterocycles. The second kappa shape index (κ2) is 12.5. The van der Waals surface area contributed by atoms with Crippen molar-refractivity contribution in [3.8, 4) is 16.9 Å². The number of amides is 2. The second-order valence-electron chi connectivity index (χ2n) is 9.99. The van der Waals surface area contributed by atoms with Crippen LogP contribution < -0.4 is 16.2 Å². The van der Waals surface area contributed by atoms with Crippen molar-refractivity contribution in [2.75, 3.05) is 33.4 Å². The minimum absolute atomic E-state index is 0.0777. The van der Waals surface area contributed by atoms with Crippen molar-refractivity contribution >= 4 is 17.8 Å². The van der Waals surface area contributed by atoms with Crippen LogP contribution in [-0.2, 0) is 16.0 Å². The van der Waals surface area contributed by atoms with E-state index in [0.29, 0.717) is 30.6 Å². The molecule has 1 aliphatic rings. The minimum Gasteiger partial charge on any atom is -0.493 e. The summed E-state index contributed by atoms with van der Waals surface area (Å²) in [4.78, 5) is 30.4. The van der Waals surface area contributed by atoms with Crippen LogP contribution in [0.5, 0.6) is 5.75 Å². The number of benzene rings is 2. The molecular formula is C28H38N4O4. The van der Waals surface area contributed by atoms with E-state index in [1.54, 1.807) is 7.11 Å². The Hall–Kier alpha value is -3.39. The summed E-state index contributed by atoms with van der Waals surface area (Å²) in [6.45, 7) is 7.20. The zero-order chi connectivity index (χ0) is 26.1. The first-order chi connectivity index (χ1) is 17.2. The number of ether oxygens (including phenoxy) is 2. The van der Waals surface area contributed by atoms with Gasteiger partial charge in [-0.15, -0.1) is 0 Å². The molecule has 0 bridgehead atoms. The lowest BCUT2D eigenvalue weighted by Gasteiger charge is -2.37. The van der Waals surface area contributed by atoms with Gasteiger partial charge in [-0.05, 0) is 54.0 Å². The number of piperidine rings is 1. The number of rotatable bonds is 10. The summed E-state index contributed by atoms with van der Waals surface area (Å²) in [5.74, 6) is 0.201. The largest absolute Gasteiger partial charge is 0.493 e. The van der Waals surface area contributed by atoms with Crippen molar-refractivity contribution in [3.63, 3.8) is 0 Å². The molecule has 3 rings (SSSR count). The van der Waals surface area contributed by atoms with Crippen molar-refractivity contribution in [1.29, 1.82) is 0 Å². The highest BCUT2D eigenvalue weighted by Crippen LogP contribution is 2.33. The normalized spacial score (nSPS) is 14.8. The third-order valence-electron chi connectivity index (χ3n) is 6.52. The van der Waals surface area contributed by atoms with E-state index >= 15 is 0 Å². The predicted octanol–water partition coefficient (Wildman–Crippen LogP) is 3.76. The number of likely N-dealkylation sites (tertiary alicyclic amines) is 1. The number of guanidine groups is 1. The van der Waals surface area contributed by atoms with E-state index in [1.807, 2.05) is 47.4 Å². The molecule has 36 heavy (non-hydrogen) atoms. The summed E-state index contributed by atoms with van der Waals surface area (Å²) in [6, 6.07) is 13.6. The molecular weight excluding hydrogens is 456 g/mol. The van der Waals surface area contributed by atoms with Crippen LogP contribution >= 0.6 is 0 Å². The Balaban J connectivity index is 1.75. The van der Waals surface area contributed by atoms with Crippen LogP contribution in [0.3, 0.4) is 0 Å². The van der Waals surface area contributed by atoms with Gasteiger partial charge in [0.15, 0.2) is 5.96 Å². The topological polar surface area (TPSA) is 120 Å². The van der Waals surface area contributed by atoms with Crippen LogP contribution in [0.2, 0.25) is 0 Å². The summed E-state index contributed by atoms with van der Waals surface area (Å²) in [5.41, 5.74) is 14.4. The molecule has 1 saturated heterocycles. The number of carbonyl (C=O) groups excluding carboxylic acids is 2. The molecule has 0 unspecified atom stereocenters. The maximum atomic E-state index is 13.0. The zero-order valence-corrected chi connectivity index (χ0v) is 21.6. The van der Waals surface area contributed by atoms with Crippen molar-refractivity contribution in [2.45, 2.75) is 46.0 Å². The van der Waals surface area contributed by atoms with E-state index in [1.165, 1.54) is 0 Å². The first-order valence-corrected chi connectivity index (χ1v) is 12.5. The fraction of sp³-hybridized carbons (Fsp3) is 0.464. The molecule has 8 heteroatoms. The number of methoxy groups -OCH3 is 1. The van der Waals surface area contributed by atoms with Gasteiger partial charge in [0, 0.05) is 50.8 Å². The Morgan fingerprint density at radius 1 is 1.03 bits per heavy atom. The molecule has 0 aliphatic carbocycles. The molecule has 2 aromatic carbocycles. The fourth-order valence-corrected chi connectivity index (χ4v) is 4.21. The lowest BCUT2D eigenvalue weighted by atomic mass is 9.82. The Bertz CT molecular complexity index is 1070. The molecule has 0 atom stereocenters. The van der Waals surface area contributed by atoms with Crippen LogP contribution in [-0.4, -0.2) is 56.1 Å². The van der Waals surface area contributed by atoms with E-state index in [9.17, 15) is 9.59 Å². The highest BCUT2D eigenvalue weighted by Gasteiger charge is 2.28. The standard InChI is InChI=1S/C28H38N4O4/c1-28(2)13-15-32(16-14-28)26(34)22-9-7-21(8-10-22)23-11-5-20(6-12-25(33)31-27(29)30)19-24(23)36-18-4-17-35-3/h5,7-11,19H,4,6,12-18H2,1-3H3,(H4,29,30,31,33). The van der Waals surface area contributed by atoms with Gasteiger partial charge in [-0.1, -0.05) is 38.1 Å². The second-order valence-corrected chi connectivity index (χ2v) is 9.99. The molecule has 8 nitrogen and oxygen atoms in total. The zero-order valence-electron chi connectivity index (χ0n) is 21.6. The fourth-order valence-electron chi connectivity index (χ4n) is 4.21. The number of nitrogens with two attached hydrogens (primary N) is 2. The predicted molar refractivity (Wildman–Crippen MR) is 142 cm³/mol. The number of aliphatic imine (C=N–C) groups is 1. The maximum Gasteiger partial charge on any atom is 0.253 e. The molecule has 0 spiro atoms. The maximum absolute atomic E-state index is 13.0. The van der Waals surface area contributed by atoms with Gasteiger partial charge in [0.2, 0.25) is 5.91 Å². The molecule has 2 amide bonds. The lowest BCUT2D eigenvalue weighted by Crippen LogP contribution is -2.41. The van der Waals surface area contributed by atoms with Gasteiger partial charge in [0.05, 0.1) is 6.61 Å². The Labute approximate surface area is 213 Å². The molecule has 4 N–H and O–H groups in total. The summed E-state index contributed by atoms with van der Waals surface area (Å²) in [7, 11) is 1.66. The summed E-state index contributed by atoms with van der Waals surface area (Å²) in [5, 5.41) is 0. The Morgan fingerprint density at radius 3 is 2.36 bits per heavy atom. The van der Waals surface area contributed by atoms with Gasteiger partial charge in [-0.25, -0.2) is 0 Å². The lowest BCUT2D eigenvalue weighted by molar-refractivity contribution is -0.117. The quantitative estimate of drug-likeness (QED) is 0.295. The molecule has 0 saturated carbocycles. The molecule has 194 valence electrons. The van der Waals surface area contributed by atoms with Crippen molar-refractivity contribution < 1.29 is 19.1 Å². The molecule has 1 fully saturated rings. The monoisotopic (exact) mass is 494 g/mol. The Morgan fingerprint density at radius 2 is 1.72 bits per heavy atom. The third-order valence-corrected chi connectivity index (χ3v) is 6.52. The Kier molecular flexibility index (Phi) is 9.47. The van der Waals surface area contributed by atoms with Gasteiger partial charge in [0.1, 0.15) is 5.75 Å². The molecule has 1 heterocycles. The van der Waals surface area contributed by atoms with E-state index in [0.717, 1.165) is 54.8 Å². The van der Waals surface area contributed by atoms with E-state index in [4.69, 9.17) is 20.9 Å². The average molecular weight is 495 g/mol.